The van der Waals surface area contributed by atoms with Gasteiger partial charge in [0.2, 0.25) is 0 Å². The Kier molecular flexibility index (Phi) is 5.05. The number of likely N-dealkylation sites (N-methyl/N-ethyl adjacent to an activating group) is 1. The van der Waals surface area contributed by atoms with Crippen molar-refractivity contribution in [1.82, 2.24) is 10.2 Å². The van der Waals surface area contributed by atoms with E-state index < -0.39 is 0 Å². The Morgan fingerprint density at radius 1 is 1.47 bits per heavy atom. The third kappa shape index (κ3) is 3.61. The summed E-state index contributed by atoms with van der Waals surface area (Å²) in [4.78, 5) is 2.51. The first-order chi connectivity index (χ1) is 9.24. The van der Waals surface area contributed by atoms with E-state index in [9.17, 15) is 5.11 Å². The molecule has 0 radical (unpaired) electrons. The molecule has 1 heterocycles. The number of benzene rings is 1. The van der Waals surface area contributed by atoms with Gasteiger partial charge in [-0.3, -0.25) is 4.90 Å². The van der Waals surface area contributed by atoms with Gasteiger partial charge in [0.1, 0.15) is 11.5 Å². The molecule has 0 aromatic heterocycles. The van der Waals surface area contributed by atoms with E-state index in [0.29, 0.717) is 18.3 Å². The summed E-state index contributed by atoms with van der Waals surface area (Å²) >= 11 is 0. The largest absolute Gasteiger partial charge is 0.508 e. The van der Waals surface area contributed by atoms with Crippen LogP contribution in [0.25, 0.3) is 0 Å². The highest BCUT2D eigenvalue weighted by Crippen LogP contribution is 2.23. The molecule has 1 aromatic rings. The highest BCUT2D eigenvalue weighted by atomic mass is 16.5. The van der Waals surface area contributed by atoms with Gasteiger partial charge in [-0.2, -0.15) is 0 Å². The quantitative estimate of drug-likeness (QED) is 0.824. The molecule has 0 bridgehead atoms. The van der Waals surface area contributed by atoms with E-state index in [0.717, 1.165) is 24.4 Å². The van der Waals surface area contributed by atoms with E-state index in [1.54, 1.807) is 19.2 Å². The number of hydrogen-bond acceptors (Lipinski definition) is 4. The van der Waals surface area contributed by atoms with Crippen LogP contribution in [0.1, 0.15) is 25.3 Å². The second-order valence-corrected chi connectivity index (χ2v) is 5.05. The molecule has 19 heavy (non-hydrogen) atoms. The van der Waals surface area contributed by atoms with Gasteiger partial charge >= 0.3 is 0 Å². The van der Waals surface area contributed by atoms with Gasteiger partial charge in [0.25, 0.3) is 0 Å². The van der Waals surface area contributed by atoms with E-state index in [1.165, 1.54) is 19.4 Å². The third-order valence-corrected chi connectivity index (χ3v) is 3.89. The third-order valence-electron chi connectivity index (χ3n) is 3.89. The molecule has 4 nitrogen and oxygen atoms in total. The minimum absolute atomic E-state index is 0.326. The first-order valence-electron chi connectivity index (χ1n) is 7.05. The highest BCUT2D eigenvalue weighted by Gasteiger charge is 2.22. The van der Waals surface area contributed by atoms with Crippen molar-refractivity contribution >= 4 is 0 Å². The lowest BCUT2D eigenvalue weighted by Crippen LogP contribution is -2.37. The molecular weight excluding hydrogens is 240 g/mol. The maximum Gasteiger partial charge on any atom is 0.120 e. The van der Waals surface area contributed by atoms with Gasteiger partial charge in [-0.1, -0.05) is 6.92 Å². The molecule has 1 saturated heterocycles. The number of nitrogens with one attached hydrogen (secondary N) is 1. The smallest absolute Gasteiger partial charge is 0.120 e. The topological polar surface area (TPSA) is 44.7 Å². The Hall–Kier alpha value is -1.26. The van der Waals surface area contributed by atoms with Crippen molar-refractivity contribution < 1.29 is 9.84 Å². The lowest BCUT2D eigenvalue weighted by Gasteiger charge is -2.23. The van der Waals surface area contributed by atoms with Crippen LogP contribution in [-0.4, -0.2) is 42.8 Å². The Bertz CT molecular complexity index is 409. The van der Waals surface area contributed by atoms with Crippen molar-refractivity contribution in [3.63, 3.8) is 0 Å². The molecule has 1 aliphatic heterocycles. The molecule has 0 amide bonds. The number of ether oxygens (including phenoxy) is 1. The molecule has 0 aliphatic carbocycles. The van der Waals surface area contributed by atoms with Crippen molar-refractivity contribution in [3.8, 4) is 11.5 Å². The average molecular weight is 264 g/mol. The number of phenolic OH excluding ortho intramolecular Hbond substituents is 1. The normalized spacial score (nSPS) is 19.8. The van der Waals surface area contributed by atoms with Gasteiger partial charge in [-0.05, 0) is 44.1 Å². The summed E-state index contributed by atoms with van der Waals surface area (Å²) in [6.45, 7) is 6.21. The first kappa shape index (κ1) is 14.2. The number of likely N-dealkylation sites (tertiary alicyclic amines) is 1. The average Bonchev–Trinajstić information content (AvgIpc) is 2.88. The molecular formula is C15H24N2O2. The van der Waals surface area contributed by atoms with Crippen LogP contribution in [0.2, 0.25) is 0 Å². The molecule has 1 atom stereocenters. The molecule has 1 aliphatic rings. The van der Waals surface area contributed by atoms with Gasteiger partial charge in [-0.25, -0.2) is 0 Å². The fourth-order valence-corrected chi connectivity index (χ4v) is 2.75. The zero-order valence-electron chi connectivity index (χ0n) is 11.9. The maximum atomic E-state index is 9.81. The number of methoxy groups -OCH3 is 1. The molecule has 2 rings (SSSR count). The molecule has 1 unspecified atom stereocenters. The first-order valence-corrected chi connectivity index (χ1v) is 7.05. The Balaban J connectivity index is 1.85. The molecule has 0 spiro atoms. The number of hydrogen-bond donors (Lipinski definition) is 2. The summed E-state index contributed by atoms with van der Waals surface area (Å²) < 4.78 is 5.18. The summed E-state index contributed by atoms with van der Waals surface area (Å²) in [6, 6.07) is 5.98. The predicted molar refractivity (Wildman–Crippen MR) is 76.6 cm³/mol. The fraction of sp³-hybridized carbons (Fsp3) is 0.600. The van der Waals surface area contributed by atoms with Crippen LogP contribution in [-0.2, 0) is 6.54 Å². The van der Waals surface area contributed by atoms with Gasteiger partial charge in [-0.15, -0.1) is 0 Å². The van der Waals surface area contributed by atoms with E-state index >= 15 is 0 Å². The van der Waals surface area contributed by atoms with Gasteiger partial charge in [0.05, 0.1) is 7.11 Å². The summed E-state index contributed by atoms with van der Waals surface area (Å²) in [5, 5.41) is 13.3. The van der Waals surface area contributed by atoms with E-state index in [-0.39, 0.29) is 0 Å². The summed E-state index contributed by atoms with van der Waals surface area (Å²) in [6.07, 6.45) is 2.57. The molecule has 106 valence electrons. The van der Waals surface area contributed by atoms with E-state index in [2.05, 4.69) is 17.1 Å². The van der Waals surface area contributed by atoms with Gasteiger partial charge in [0.15, 0.2) is 0 Å². The van der Waals surface area contributed by atoms with Crippen LogP contribution < -0.4 is 10.1 Å². The predicted octanol–water partition coefficient (Wildman–Crippen LogP) is 1.97. The van der Waals surface area contributed by atoms with Crippen molar-refractivity contribution in [2.24, 2.45) is 0 Å². The van der Waals surface area contributed by atoms with Crippen LogP contribution in [0.15, 0.2) is 18.2 Å². The minimum atomic E-state index is 0.326. The van der Waals surface area contributed by atoms with Crippen LogP contribution in [0, 0.1) is 0 Å². The lowest BCUT2D eigenvalue weighted by atomic mass is 10.1. The van der Waals surface area contributed by atoms with E-state index in [4.69, 9.17) is 4.74 Å². The van der Waals surface area contributed by atoms with Crippen molar-refractivity contribution in [3.05, 3.63) is 23.8 Å². The monoisotopic (exact) mass is 264 g/mol. The standard InChI is InChI=1S/C15H24N2O2/c1-3-17-8-4-5-13(17)11-16-10-12-9-14(19-2)6-7-15(12)18/h6-7,9,13,16,18H,3-5,8,10-11H2,1-2H3. The molecule has 2 N–H and O–H groups in total. The second kappa shape index (κ2) is 6.78. The Morgan fingerprint density at radius 3 is 3.05 bits per heavy atom. The number of aromatic hydroxyl groups is 1. The number of rotatable bonds is 6. The number of nitrogens with zero attached hydrogens (tertiary/aromatic N) is 1. The van der Waals surface area contributed by atoms with Gasteiger partial charge < -0.3 is 15.2 Å². The minimum Gasteiger partial charge on any atom is -0.508 e. The molecule has 4 heteroatoms. The summed E-state index contributed by atoms with van der Waals surface area (Å²) in [5.41, 5.74) is 0.889. The Labute approximate surface area is 115 Å². The van der Waals surface area contributed by atoms with Crippen LogP contribution >= 0.6 is 0 Å². The van der Waals surface area contributed by atoms with Crippen LogP contribution in [0.4, 0.5) is 0 Å². The molecule has 0 saturated carbocycles. The van der Waals surface area contributed by atoms with Crippen molar-refractivity contribution in [2.75, 3.05) is 26.7 Å². The maximum absolute atomic E-state index is 9.81. The fourth-order valence-electron chi connectivity index (χ4n) is 2.75. The second-order valence-electron chi connectivity index (χ2n) is 5.05. The van der Waals surface area contributed by atoms with Gasteiger partial charge in [0, 0.05) is 24.7 Å². The highest BCUT2D eigenvalue weighted by molar-refractivity contribution is 5.39. The Morgan fingerprint density at radius 2 is 2.32 bits per heavy atom. The molecule has 1 fully saturated rings. The summed E-state index contributed by atoms with van der Waals surface area (Å²) in [5.74, 6) is 1.11. The van der Waals surface area contributed by atoms with Crippen molar-refractivity contribution in [2.45, 2.75) is 32.4 Å². The summed E-state index contributed by atoms with van der Waals surface area (Å²) in [7, 11) is 1.64. The SMILES string of the molecule is CCN1CCCC1CNCc1cc(OC)ccc1O. The lowest BCUT2D eigenvalue weighted by molar-refractivity contribution is 0.259. The zero-order valence-corrected chi connectivity index (χ0v) is 11.9. The van der Waals surface area contributed by atoms with Crippen LogP contribution in [0.5, 0.6) is 11.5 Å². The molecule has 1 aromatic carbocycles. The van der Waals surface area contributed by atoms with E-state index in [1.807, 2.05) is 6.07 Å². The van der Waals surface area contributed by atoms with Crippen molar-refractivity contribution in [1.29, 1.82) is 0 Å². The zero-order chi connectivity index (χ0) is 13.7. The number of phenols is 1. The van der Waals surface area contributed by atoms with Crippen LogP contribution in [0.3, 0.4) is 0 Å².